The summed E-state index contributed by atoms with van der Waals surface area (Å²) in [4.78, 5) is 63.6. The average molecular weight is 1030 g/mol. The Labute approximate surface area is 460 Å². The minimum Gasteiger partial charge on any atom is -0.287 e. The van der Waals surface area contributed by atoms with Crippen LogP contribution in [0.5, 0.6) is 0 Å². The van der Waals surface area contributed by atoms with E-state index in [4.69, 9.17) is 59.9 Å². The first-order chi connectivity index (χ1) is 38.5. The molecule has 396 valence electrons. The van der Waals surface area contributed by atoms with E-state index in [0.717, 1.165) is 182 Å². The monoisotopic (exact) mass is 1030 g/mol. The lowest BCUT2D eigenvalue weighted by molar-refractivity contribution is 0.612. The second-order valence-electron chi connectivity index (χ2n) is 23.5. The van der Waals surface area contributed by atoms with E-state index in [0.29, 0.717) is 0 Å². The molecule has 14 rings (SSSR count). The van der Waals surface area contributed by atoms with E-state index in [1.165, 1.54) is 0 Å². The van der Waals surface area contributed by atoms with Crippen LogP contribution in [-0.4, -0.2) is 147 Å². The Bertz CT molecular complexity index is 2420. The maximum atomic E-state index is 5.30. The molecular formula is C66H72N12. The van der Waals surface area contributed by atoms with Crippen LogP contribution < -0.4 is 0 Å². The maximum Gasteiger partial charge on any atom is 0.0723 e. The van der Waals surface area contributed by atoms with Crippen molar-refractivity contribution < 1.29 is 0 Å². The van der Waals surface area contributed by atoms with Crippen molar-refractivity contribution in [2.75, 3.05) is 0 Å². The summed E-state index contributed by atoms with van der Waals surface area (Å²) in [5.41, 5.74) is 12.4. The Morgan fingerprint density at radius 2 is 0.244 bits per heavy atom. The molecule has 4 aliphatic heterocycles. The van der Waals surface area contributed by atoms with Crippen molar-refractivity contribution in [2.24, 2.45) is 59.9 Å². The van der Waals surface area contributed by atoms with E-state index >= 15 is 0 Å². The molecule has 6 fully saturated rings. The number of benzene rings is 4. The average Bonchev–Trinajstić information content (AvgIpc) is 4.34. The van der Waals surface area contributed by atoms with Crippen molar-refractivity contribution in [1.82, 2.24) is 0 Å². The molecule has 10 aliphatic rings. The van der Waals surface area contributed by atoms with Crippen LogP contribution in [0, 0.1) is 0 Å². The Morgan fingerprint density at radius 1 is 0.154 bits per heavy atom. The molecule has 12 bridgehead atoms. The molecule has 0 N–H and O–H groups in total. The molecule has 0 unspecified atom stereocenters. The first kappa shape index (κ1) is 50.4. The van der Waals surface area contributed by atoms with Crippen LogP contribution in [0.4, 0.5) is 0 Å². The molecule has 6 saturated carbocycles. The molecule has 0 saturated heterocycles. The van der Waals surface area contributed by atoms with Crippen LogP contribution in [0.25, 0.3) is 0 Å². The van der Waals surface area contributed by atoms with Crippen molar-refractivity contribution in [3.63, 3.8) is 0 Å². The van der Waals surface area contributed by atoms with Gasteiger partial charge in [-0.2, -0.15) is 0 Å². The highest BCUT2D eigenvalue weighted by Gasteiger charge is 2.30. The zero-order chi connectivity index (χ0) is 52.0. The van der Waals surface area contributed by atoms with Gasteiger partial charge in [0.05, 0.1) is 72.5 Å². The summed E-state index contributed by atoms with van der Waals surface area (Å²) >= 11 is 0. The van der Waals surface area contributed by atoms with Gasteiger partial charge in [-0.15, -0.1) is 0 Å². The fraction of sp³-hybridized carbons (Fsp3) is 0.455. The van der Waals surface area contributed by atoms with Crippen LogP contribution in [-0.2, 0) is 0 Å². The summed E-state index contributed by atoms with van der Waals surface area (Å²) in [5.74, 6) is 0. The highest BCUT2D eigenvalue weighted by atomic mass is 15.0. The van der Waals surface area contributed by atoms with Crippen molar-refractivity contribution in [3.05, 3.63) is 140 Å². The third kappa shape index (κ3) is 12.3. The molecule has 0 radical (unpaired) electrons. The van der Waals surface area contributed by atoms with Gasteiger partial charge in [-0.25, -0.2) is 0 Å². The van der Waals surface area contributed by atoms with E-state index in [1.54, 1.807) is 0 Å². The summed E-state index contributed by atoms with van der Waals surface area (Å²) in [6, 6.07) is 27.6. The zero-order valence-electron chi connectivity index (χ0n) is 44.9. The molecular weight excluding hydrogens is 961 g/mol. The lowest BCUT2D eigenvalue weighted by Gasteiger charge is -2.13. The Balaban J connectivity index is 0.986. The molecule has 4 heterocycles. The van der Waals surface area contributed by atoms with Gasteiger partial charge < -0.3 is 0 Å². The lowest BCUT2D eigenvalue weighted by atomic mass is 10.1. The number of rotatable bonds is 0. The Kier molecular flexibility index (Phi) is 15.2. The van der Waals surface area contributed by atoms with Gasteiger partial charge in [-0.05, 0) is 255 Å². The normalized spacial score (nSPS) is 31.1. The third-order valence-corrected chi connectivity index (χ3v) is 17.6. The van der Waals surface area contributed by atoms with Gasteiger partial charge in [0, 0.05) is 74.6 Å². The quantitative estimate of drug-likeness (QED) is 0.165. The molecule has 4 aromatic carbocycles. The summed E-state index contributed by atoms with van der Waals surface area (Å²) in [6.45, 7) is 0. The summed E-state index contributed by atoms with van der Waals surface area (Å²) < 4.78 is 0. The number of aliphatic imine (C=N–C) groups is 12. The second-order valence-corrected chi connectivity index (χ2v) is 23.5. The molecule has 12 atom stereocenters. The topological polar surface area (TPSA) is 148 Å². The fourth-order valence-corrected chi connectivity index (χ4v) is 13.5. The molecule has 0 aromatic heterocycles. The number of hydrogen-bond acceptors (Lipinski definition) is 12. The first-order valence-electron chi connectivity index (χ1n) is 29.5. The predicted octanol–water partition coefficient (Wildman–Crippen LogP) is 11.4. The van der Waals surface area contributed by atoms with Gasteiger partial charge in [-0.1, -0.05) is 0 Å². The number of hydrogen-bond donors (Lipinski definition) is 0. The highest BCUT2D eigenvalue weighted by Crippen LogP contribution is 2.31. The number of nitrogens with zero attached hydrogens (tertiary/aromatic N) is 12. The van der Waals surface area contributed by atoms with E-state index in [-0.39, 0.29) is 72.5 Å². The van der Waals surface area contributed by atoms with Gasteiger partial charge in [-0.3, -0.25) is 59.9 Å². The zero-order valence-corrected chi connectivity index (χ0v) is 44.9. The molecule has 12 nitrogen and oxygen atoms in total. The predicted molar refractivity (Wildman–Crippen MR) is 325 cm³/mol. The van der Waals surface area contributed by atoms with Crippen LogP contribution in [0.3, 0.4) is 0 Å². The third-order valence-electron chi connectivity index (χ3n) is 17.6. The fourth-order valence-electron chi connectivity index (χ4n) is 13.5. The first-order valence-corrected chi connectivity index (χ1v) is 29.5. The second kappa shape index (κ2) is 23.5. The van der Waals surface area contributed by atoms with Crippen molar-refractivity contribution in [3.8, 4) is 0 Å². The molecule has 78 heavy (non-hydrogen) atoms. The largest absolute Gasteiger partial charge is 0.287 e. The van der Waals surface area contributed by atoms with Gasteiger partial charge in [0.2, 0.25) is 0 Å². The van der Waals surface area contributed by atoms with Crippen LogP contribution in [0.2, 0.25) is 0 Å². The SMILES string of the molecule is C1=N[C@@H]2CCC[C@H]2N=Cc2cc3cc(c2)C=N[C@@H]2CCC[C@H]2N=Cc2cc4cc(c2)C=N[C@@H]2CCC[C@H]2N=Cc2cc(cc(c2)C=N[C@@H]2CCC[C@H]2N=C3)C=N[C@@H]2CCC[C@H]2N=Cc2cc1cc(c2)C=N[C@@H]1CCC[C@H]1N=C4. The smallest absolute Gasteiger partial charge is 0.0723 e. The maximum absolute atomic E-state index is 5.30. The summed E-state index contributed by atoms with van der Waals surface area (Å²) in [7, 11) is 0. The van der Waals surface area contributed by atoms with Crippen molar-refractivity contribution >= 4 is 74.6 Å². The van der Waals surface area contributed by atoms with E-state index in [1.807, 2.05) is 0 Å². The van der Waals surface area contributed by atoms with Gasteiger partial charge in [0.25, 0.3) is 0 Å². The van der Waals surface area contributed by atoms with Crippen LogP contribution >= 0.6 is 0 Å². The van der Waals surface area contributed by atoms with E-state index in [9.17, 15) is 0 Å². The molecule has 0 amide bonds. The molecule has 4 aromatic rings. The molecule has 6 aliphatic carbocycles. The minimum absolute atomic E-state index is 0.0831. The van der Waals surface area contributed by atoms with Crippen molar-refractivity contribution in [2.45, 2.75) is 188 Å². The van der Waals surface area contributed by atoms with Crippen LogP contribution in [0.15, 0.2) is 133 Å². The lowest BCUT2D eigenvalue weighted by Crippen LogP contribution is -2.16. The summed E-state index contributed by atoms with van der Waals surface area (Å²) in [6.07, 6.45) is 43.3. The van der Waals surface area contributed by atoms with E-state index < -0.39 is 0 Å². The minimum atomic E-state index is 0.0831. The van der Waals surface area contributed by atoms with Gasteiger partial charge >= 0.3 is 0 Å². The van der Waals surface area contributed by atoms with Gasteiger partial charge in [0.15, 0.2) is 0 Å². The van der Waals surface area contributed by atoms with Crippen molar-refractivity contribution in [1.29, 1.82) is 0 Å². The molecule has 0 spiro atoms. The van der Waals surface area contributed by atoms with E-state index in [2.05, 4.69) is 147 Å². The standard InChI is InChI=1S/C66H72N12/c1-7-55-56(8-1)68-32-44-21-47-24-48(22-44)36-72-60-12-5-16-64(60)76-40-52-26-51-29-54(30-52)42-78-66-18-6-17-65(66)77-41-53-27-49(25-50(28-53)38-74-62-14-4-11-59(62)71-35-47)37-73-61-13-2-9-57(61)69-33-45-19-43(31-67-55)20-46(23-45)34-70-58-10-3-15-63(58)75-39-51/h19-42,55-66H,1-18H2/t55-,56-,57-,58-,59-,60-,61-,62-,63-,64-,65-,66-/m1/s1. The Morgan fingerprint density at radius 3 is 0.333 bits per heavy atom. The molecule has 12 heteroatoms. The highest BCUT2D eigenvalue weighted by molar-refractivity contribution is 5.96. The van der Waals surface area contributed by atoms with Crippen LogP contribution in [0.1, 0.15) is 182 Å². The summed E-state index contributed by atoms with van der Waals surface area (Å²) in [5, 5.41) is 0. The Hall–Kier alpha value is -7.08. The van der Waals surface area contributed by atoms with Gasteiger partial charge in [0.1, 0.15) is 0 Å².